The van der Waals surface area contributed by atoms with Crippen LogP contribution in [0.15, 0.2) is 29.2 Å². The fraction of sp³-hybridized carbons (Fsp3) is 0.562. The highest BCUT2D eigenvalue weighted by Gasteiger charge is 2.22. The van der Waals surface area contributed by atoms with Crippen LogP contribution in [-0.4, -0.2) is 28.9 Å². The predicted molar refractivity (Wildman–Crippen MR) is 85.0 cm³/mol. The molecule has 1 atom stereocenters. The van der Waals surface area contributed by atoms with Gasteiger partial charge in [-0.15, -0.1) is 11.8 Å². The molecular formula is C16H25NO2S. The van der Waals surface area contributed by atoms with E-state index in [-0.39, 0.29) is 5.91 Å². The molecule has 0 fully saturated rings. The van der Waals surface area contributed by atoms with Crippen LogP contribution in [0.3, 0.4) is 0 Å². The second-order valence-corrected chi connectivity index (χ2v) is 7.02. The predicted octanol–water partition coefficient (Wildman–Crippen LogP) is 3.00. The maximum atomic E-state index is 11.8. The van der Waals surface area contributed by atoms with Crippen LogP contribution in [-0.2, 0) is 4.79 Å². The van der Waals surface area contributed by atoms with E-state index < -0.39 is 5.60 Å². The lowest BCUT2D eigenvalue weighted by Gasteiger charge is -2.25. The molecule has 1 aromatic carbocycles. The fourth-order valence-electron chi connectivity index (χ4n) is 2.08. The van der Waals surface area contributed by atoms with Crippen LogP contribution >= 0.6 is 11.8 Å². The molecule has 0 saturated carbocycles. The number of rotatable bonds is 7. The zero-order valence-electron chi connectivity index (χ0n) is 12.8. The number of carbonyl (C=O) groups excluding carboxylic acids is 1. The molecule has 0 radical (unpaired) electrons. The molecule has 0 bridgehead atoms. The summed E-state index contributed by atoms with van der Waals surface area (Å²) in [6.45, 7) is 8.23. The van der Waals surface area contributed by atoms with Crippen LogP contribution in [0.2, 0.25) is 0 Å². The summed E-state index contributed by atoms with van der Waals surface area (Å²) in [6, 6.07) is 8.10. The number of carbonyl (C=O) groups is 1. The largest absolute Gasteiger partial charge is 0.388 e. The number of hydrogen-bond acceptors (Lipinski definition) is 3. The molecule has 0 spiro atoms. The summed E-state index contributed by atoms with van der Waals surface area (Å²) in [6.07, 6.45) is 0.679. The molecule has 1 unspecified atom stereocenters. The number of aryl methyl sites for hydroxylation is 1. The summed E-state index contributed by atoms with van der Waals surface area (Å²) in [4.78, 5) is 12.9. The van der Waals surface area contributed by atoms with E-state index in [0.29, 0.717) is 24.6 Å². The second-order valence-electron chi connectivity index (χ2n) is 5.97. The van der Waals surface area contributed by atoms with E-state index >= 15 is 0 Å². The fourth-order valence-corrected chi connectivity index (χ4v) is 2.80. The second kappa shape index (κ2) is 7.70. The van der Waals surface area contributed by atoms with Gasteiger partial charge in [0.1, 0.15) is 0 Å². The molecule has 0 aliphatic carbocycles. The molecule has 1 amide bonds. The molecule has 0 saturated heterocycles. The third kappa shape index (κ3) is 6.96. The van der Waals surface area contributed by atoms with Crippen molar-refractivity contribution in [1.29, 1.82) is 0 Å². The SMILES string of the molecule is Cc1ccc(SCC(=O)NCC(C)(O)CC(C)C)cc1. The topological polar surface area (TPSA) is 49.3 Å². The van der Waals surface area contributed by atoms with Gasteiger partial charge in [0.25, 0.3) is 0 Å². The molecular weight excluding hydrogens is 270 g/mol. The van der Waals surface area contributed by atoms with Gasteiger partial charge in [0, 0.05) is 11.4 Å². The number of amides is 1. The van der Waals surface area contributed by atoms with Gasteiger partial charge in [-0.1, -0.05) is 31.5 Å². The van der Waals surface area contributed by atoms with Gasteiger partial charge in [0.15, 0.2) is 0 Å². The Balaban J connectivity index is 2.32. The first kappa shape index (κ1) is 17.1. The van der Waals surface area contributed by atoms with Crippen LogP contribution in [0, 0.1) is 12.8 Å². The van der Waals surface area contributed by atoms with Gasteiger partial charge in [-0.25, -0.2) is 0 Å². The van der Waals surface area contributed by atoms with Crippen LogP contribution in [0.25, 0.3) is 0 Å². The van der Waals surface area contributed by atoms with Crippen molar-refractivity contribution in [2.45, 2.75) is 44.6 Å². The van der Waals surface area contributed by atoms with E-state index in [2.05, 4.69) is 19.2 Å². The number of aliphatic hydroxyl groups is 1. The normalized spacial score (nSPS) is 14.1. The average Bonchev–Trinajstić information content (AvgIpc) is 2.34. The van der Waals surface area contributed by atoms with E-state index in [0.717, 1.165) is 4.90 Å². The van der Waals surface area contributed by atoms with Crippen LogP contribution < -0.4 is 5.32 Å². The van der Waals surface area contributed by atoms with Gasteiger partial charge in [0.2, 0.25) is 5.91 Å². The Morgan fingerprint density at radius 1 is 1.35 bits per heavy atom. The Kier molecular flexibility index (Phi) is 6.56. The maximum absolute atomic E-state index is 11.8. The standard InChI is InChI=1S/C16H25NO2S/c1-12(2)9-16(4,19)11-17-15(18)10-20-14-7-5-13(3)6-8-14/h5-8,12,19H,9-11H2,1-4H3,(H,17,18). The quantitative estimate of drug-likeness (QED) is 0.760. The van der Waals surface area contributed by atoms with E-state index in [9.17, 15) is 9.90 Å². The summed E-state index contributed by atoms with van der Waals surface area (Å²) in [7, 11) is 0. The van der Waals surface area contributed by atoms with Crippen molar-refractivity contribution in [2.24, 2.45) is 5.92 Å². The Hall–Kier alpha value is -1.00. The van der Waals surface area contributed by atoms with Gasteiger partial charge in [-0.2, -0.15) is 0 Å². The van der Waals surface area contributed by atoms with Crippen molar-refractivity contribution in [2.75, 3.05) is 12.3 Å². The van der Waals surface area contributed by atoms with Crippen molar-refractivity contribution in [3.63, 3.8) is 0 Å². The Labute approximate surface area is 126 Å². The Morgan fingerprint density at radius 3 is 2.50 bits per heavy atom. The third-order valence-electron chi connectivity index (χ3n) is 2.91. The minimum Gasteiger partial charge on any atom is -0.388 e. The number of benzene rings is 1. The van der Waals surface area contributed by atoms with E-state index in [1.54, 1.807) is 6.92 Å². The zero-order valence-corrected chi connectivity index (χ0v) is 13.6. The molecule has 0 aromatic heterocycles. The average molecular weight is 295 g/mol. The first-order valence-electron chi connectivity index (χ1n) is 6.97. The zero-order chi connectivity index (χ0) is 15.2. The lowest BCUT2D eigenvalue weighted by molar-refractivity contribution is -0.119. The maximum Gasteiger partial charge on any atom is 0.230 e. The molecule has 0 aliphatic heterocycles. The monoisotopic (exact) mass is 295 g/mol. The van der Waals surface area contributed by atoms with Crippen LogP contribution in [0.1, 0.15) is 32.8 Å². The molecule has 1 aromatic rings. The lowest BCUT2D eigenvalue weighted by Crippen LogP contribution is -2.42. The molecule has 0 heterocycles. The Morgan fingerprint density at radius 2 is 1.95 bits per heavy atom. The van der Waals surface area contributed by atoms with E-state index in [1.807, 2.05) is 31.2 Å². The Bertz CT molecular complexity index is 427. The molecule has 0 aliphatic rings. The summed E-state index contributed by atoms with van der Waals surface area (Å²) >= 11 is 1.51. The van der Waals surface area contributed by atoms with Gasteiger partial charge < -0.3 is 10.4 Å². The molecule has 3 nitrogen and oxygen atoms in total. The van der Waals surface area contributed by atoms with Crippen LogP contribution in [0.5, 0.6) is 0 Å². The highest BCUT2D eigenvalue weighted by molar-refractivity contribution is 8.00. The highest BCUT2D eigenvalue weighted by atomic mass is 32.2. The number of nitrogens with one attached hydrogen (secondary N) is 1. The third-order valence-corrected chi connectivity index (χ3v) is 3.92. The van der Waals surface area contributed by atoms with Crippen molar-refractivity contribution >= 4 is 17.7 Å². The molecule has 4 heteroatoms. The lowest BCUT2D eigenvalue weighted by atomic mass is 9.94. The minimum atomic E-state index is -0.835. The van der Waals surface area contributed by atoms with Gasteiger partial charge >= 0.3 is 0 Å². The summed E-state index contributed by atoms with van der Waals surface area (Å²) in [5.74, 6) is 0.740. The number of thioether (sulfide) groups is 1. The van der Waals surface area contributed by atoms with Gasteiger partial charge in [0.05, 0.1) is 11.4 Å². The smallest absolute Gasteiger partial charge is 0.230 e. The first-order chi connectivity index (χ1) is 9.28. The summed E-state index contributed by atoms with van der Waals surface area (Å²) < 4.78 is 0. The van der Waals surface area contributed by atoms with Crippen molar-refractivity contribution in [3.8, 4) is 0 Å². The van der Waals surface area contributed by atoms with Crippen molar-refractivity contribution in [3.05, 3.63) is 29.8 Å². The first-order valence-corrected chi connectivity index (χ1v) is 7.95. The molecule has 1 rings (SSSR count). The van der Waals surface area contributed by atoms with Gasteiger partial charge in [-0.3, -0.25) is 4.79 Å². The summed E-state index contributed by atoms with van der Waals surface area (Å²) in [5, 5.41) is 12.9. The van der Waals surface area contributed by atoms with Crippen molar-refractivity contribution < 1.29 is 9.90 Å². The highest BCUT2D eigenvalue weighted by Crippen LogP contribution is 2.18. The minimum absolute atomic E-state index is 0.0420. The van der Waals surface area contributed by atoms with E-state index in [1.165, 1.54) is 17.3 Å². The van der Waals surface area contributed by atoms with Crippen molar-refractivity contribution in [1.82, 2.24) is 5.32 Å². The van der Waals surface area contributed by atoms with Gasteiger partial charge in [-0.05, 0) is 38.3 Å². The van der Waals surface area contributed by atoms with Crippen LogP contribution in [0.4, 0.5) is 0 Å². The molecule has 2 N–H and O–H groups in total. The number of hydrogen-bond donors (Lipinski definition) is 2. The van der Waals surface area contributed by atoms with E-state index in [4.69, 9.17) is 0 Å². The summed E-state index contributed by atoms with van der Waals surface area (Å²) in [5.41, 5.74) is 0.377. The molecule has 112 valence electrons. The molecule has 20 heavy (non-hydrogen) atoms.